The average Bonchev–Trinajstić information content (AvgIpc) is 2.84. The predicted molar refractivity (Wildman–Crippen MR) is 141 cm³/mol. The Bertz CT molecular complexity index is 1370. The number of rotatable bonds is 8. The summed E-state index contributed by atoms with van der Waals surface area (Å²) in [6, 6.07) is 16.1. The average molecular weight is 529 g/mol. The SMILES string of the molecule is O=c1c(OCC2CCC2)c(N2CCN(S(=O)(=O)Cc3ccccc3)CC2)cnn1-c1cccc(Cl)c1. The first-order chi connectivity index (χ1) is 17.4. The summed E-state index contributed by atoms with van der Waals surface area (Å²) in [5, 5.41) is 4.91. The van der Waals surface area contributed by atoms with Crippen molar-refractivity contribution in [3.8, 4) is 11.4 Å². The van der Waals surface area contributed by atoms with Gasteiger partial charge in [0.25, 0.3) is 0 Å². The highest BCUT2D eigenvalue weighted by Crippen LogP contribution is 2.30. The molecule has 0 N–H and O–H groups in total. The van der Waals surface area contributed by atoms with Crippen LogP contribution >= 0.6 is 11.6 Å². The van der Waals surface area contributed by atoms with Crippen molar-refractivity contribution in [1.82, 2.24) is 14.1 Å². The Labute approximate surface area is 216 Å². The molecule has 2 fully saturated rings. The Morgan fingerprint density at radius 1 is 1.00 bits per heavy atom. The van der Waals surface area contributed by atoms with E-state index in [1.807, 2.05) is 35.2 Å². The molecule has 0 spiro atoms. The minimum absolute atomic E-state index is 0.0270. The molecule has 1 aliphatic carbocycles. The Kier molecular flexibility index (Phi) is 7.32. The highest BCUT2D eigenvalue weighted by atomic mass is 35.5. The normalized spacial score (nSPS) is 17.1. The predicted octanol–water partition coefficient (Wildman–Crippen LogP) is 3.72. The maximum Gasteiger partial charge on any atom is 0.316 e. The van der Waals surface area contributed by atoms with E-state index in [0.717, 1.165) is 18.4 Å². The lowest BCUT2D eigenvalue weighted by Crippen LogP contribution is -2.49. The summed E-state index contributed by atoms with van der Waals surface area (Å²) in [5.41, 5.74) is 1.57. The summed E-state index contributed by atoms with van der Waals surface area (Å²) >= 11 is 6.13. The van der Waals surface area contributed by atoms with Gasteiger partial charge in [-0.2, -0.15) is 14.1 Å². The Morgan fingerprint density at radius 2 is 1.75 bits per heavy atom. The number of hydrogen-bond acceptors (Lipinski definition) is 6. The molecule has 0 radical (unpaired) electrons. The second kappa shape index (κ2) is 10.6. The summed E-state index contributed by atoms with van der Waals surface area (Å²) in [6.45, 7) is 2.02. The molecule has 2 heterocycles. The van der Waals surface area contributed by atoms with Gasteiger partial charge >= 0.3 is 5.56 Å². The molecule has 5 rings (SSSR count). The van der Waals surface area contributed by atoms with Gasteiger partial charge in [0.15, 0.2) is 0 Å². The molecule has 0 amide bonds. The molecule has 190 valence electrons. The Hall–Kier alpha value is -2.88. The molecule has 0 unspecified atom stereocenters. The molecule has 1 saturated heterocycles. The number of aromatic nitrogens is 2. The summed E-state index contributed by atoms with van der Waals surface area (Å²) in [4.78, 5) is 15.5. The van der Waals surface area contributed by atoms with Gasteiger partial charge in [0.05, 0.1) is 24.2 Å². The van der Waals surface area contributed by atoms with Gasteiger partial charge < -0.3 is 9.64 Å². The molecule has 36 heavy (non-hydrogen) atoms. The van der Waals surface area contributed by atoms with Crippen LogP contribution in [0.3, 0.4) is 0 Å². The monoisotopic (exact) mass is 528 g/mol. The number of hydrogen-bond donors (Lipinski definition) is 0. The van der Waals surface area contributed by atoms with Crippen LogP contribution < -0.4 is 15.2 Å². The van der Waals surface area contributed by atoms with E-state index in [2.05, 4.69) is 5.10 Å². The van der Waals surface area contributed by atoms with E-state index in [4.69, 9.17) is 16.3 Å². The van der Waals surface area contributed by atoms with Crippen LogP contribution in [0.2, 0.25) is 5.02 Å². The zero-order chi connectivity index (χ0) is 25.1. The molecule has 10 heteroatoms. The molecule has 8 nitrogen and oxygen atoms in total. The summed E-state index contributed by atoms with van der Waals surface area (Å²) in [6.07, 6.45) is 5.01. The van der Waals surface area contributed by atoms with Gasteiger partial charge in [-0.05, 0) is 42.5 Å². The van der Waals surface area contributed by atoms with Crippen LogP contribution in [0.5, 0.6) is 5.75 Å². The fourth-order valence-corrected chi connectivity index (χ4v) is 6.23. The van der Waals surface area contributed by atoms with Crippen LogP contribution in [0, 0.1) is 5.92 Å². The standard InChI is InChI=1S/C26H29ClN4O4S/c27-22-10-5-11-23(16-22)31-26(32)25(35-18-20-8-4-9-20)24(17-28-31)29-12-14-30(15-13-29)36(33,34)19-21-6-2-1-3-7-21/h1-3,5-7,10-11,16-17,20H,4,8-9,12-15,18-19H2. The van der Waals surface area contributed by atoms with Gasteiger partial charge in [-0.15, -0.1) is 0 Å². The second-order valence-corrected chi connectivity index (χ2v) is 11.7. The highest BCUT2D eigenvalue weighted by molar-refractivity contribution is 7.88. The van der Waals surface area contributed by atoms with Crippen LogP contribution in [0.25, 0.3) is 5.69 Å². The number of halogens is 1. The number of anilines is 1. The first-order valence-electron chi connectivity index (χ1n) is 12.2. The molecule has 0 atom stereocenters. The summed E-state index contributed by atoms with van der Waals surface area (Å²) < 4.78 is 34.9. The number of piperazine rings is 1. The van der Waals surface area contributed by atoms with Crippen LogP contribution in [0.15, 0.2) is 65.6 Å². The summed E-state index contributed by atoms with van der Waals surface area (Å²) in [7, 11) is -3.44. The van der Waals surface area contributed by atoms with Crippen molar-refractivity contribution < 1.29 is 13.2 Å². The van der Waals surface area contributed by atoms with E-state index in [0.29, 0.717) is 55.1 Å². The lowest BCUT2D eigenvalue weighted by atomic mass is 9.86. The van der Waals surface area contributed by atoms with E-state index in [-0.39, 0.29) is 17.1 Å². The van der Waals surface area contributed by atoms with E-state index < -0.39 is 10.0 Å². The lowest BCUT2D eigenvalue weighted by molar-refractivity contribution is 0.178. The number of ether oxygens (including phenoxy) is 1. The summed E-state index contributed by atoms with van der Waals surface area (Å²) in [5.74, 6) is 0.670. The van der Waals surface area contributed by atoms with E-state index in [1.54, 1.807) is 30.5 Å². The third-order valence-electron chi connectivity index (χ3n) is 6.82. The molecule has 1 saturated carbocycles. The molecular formula is C26H29ClN4O4S. The minimum atomic E-state index is -3.44. The first kappa shape index (κ1) is 24.8. The largest absolute Gasteiger partial charge is 0.486 e. The van der Waals surface area contributed by atoms with Gasteiger partial charge in [-0.3, -0.25) is 4.79 Å². The third kappa shape index (κ3) is 5.43. The van der Waals surface area contributed by atoms with Crippen molar-refractivity contribution in [3.05, 3.63) is 81.7 Å². The fourth-order valence-electron chi connectivity index (χ4n) is 4.53. The van der Waals surface area contributed by atoms with E-state index in [9.17, 15) is 13.2 Å². The molecule has 2 aromatic carbocycles. The van der Waals surface area contributed by atoms with Crippen molar-refractivity contribution in [1.29, 1.82) is 0 Å². The van der Waals surface area contributed by atoms with Crippen LogP contribution in [0.4, 0.5) is 5.69 Å². The maximum absolute atomic E-state index is 13.5. The minimum Gasteiger partial charge on any atom is -0.486 e. The topological polar surface area (TPSA) is 84.7 Å². The molecule has 1 aliphatic heterocycles. The molecule has 0 bridgehead atoms. The zero-order valence-electron chi connectivity index (χ0n) is 19.9. The van der Waals surface area contributed by atoms with Crippen molar-refractivity contribution in [2.45, 2.75) is 25.0 Å². The van der Waals surface area contributed by atoms with E-state index >= 15 is 0 Å². The molecular weight excluding hydrogens is 500 g/mol. The fraction of sp³-hybridized carbons (Fsp3) is 0.385. The number of benzene rings is 2. The quantitative estimate of drug-likeness (QED) is 0.443. The van der Waals surface area contributed by atoms with Crippen molar-refractivity contribution >= 4 is 27.3 Å². The lowest BCUT2D eigenvalue weighted by Gasteiger charge is -2.36. The van der Waals surface area contributed by atoms with Gasteiger partial charge in [0.1, 0.15) is 5.69 Å². The zero-order valence-corrected chi connectivity index (χ0v) is 21.5. The van der Waals surface area contributed by atoms with Gasteiger partial charge in [0, 0.05) is 31.2 Å². The van der Waals surface area contributed by atoms with Crippen molar-refractivity contribution in [2.75, 3.05) is 37.7 Å². The number of nitrogens with zero attached hydrogens (tertiary/aromatic N) is 4. The van der Waals surface area contributed by atoms with Crippen LogP contribution in [0.1, 0.15) is 24.8 Å². The van der Waals surface area contributed by atoms with Crippen molar-refractivity contribution in [3.63, 3.8) is 0 Å². The van der Waals surface area contributed by atoms with Gasteiger partial charge in [-0.1, -0.05) is 54.4 Å². The molecule has 1 aromatic heterocycles. The third-order valence-corrected chi connectivity index (χ3v) is 8.91. The van der Waals surface area contributed by atoms with Crippen molar-refractivity contribution in [2.24, 2.45) is 5.92 Å². The van der Waals surface area contributed by atoms with Crippen LogP contribution in [-0.4, -0.2) is 55.3 Å². The van der Waals surface area contributed by atoms with Gasteiger partial charge in [-0.25, -0.2) is 8.42 Å². The highest BCUT2D eigenvalue weighted by Gasteiger charge is 2.30. The maximum atomic E-state index is 13.5. The number of sulfonamides is 1. The van der Waals surface area contributed by atoms with Gasteiger partial charge in [0.2, 0.25) is 15.8 Å². The van der Waals surface area contributed by atoms with Crippen LogP contribution in [-0.2, 0) is 15.8 Å². The van der Waals surface area contributed by atoms with E-state index in [1.165, 1.54) is 15.4 Å². The smallest absolute Gasteiger partial charge is 0.316 e. The Morgan fingerprint density at radius 3 is 2.42 bits per heavy atom. The first-order valence-corrected chi connectivity index (χ1v) is 14.2. The Balaban J connectivity index is 1.36. The second-order valence-electron chi connectivity index (χ2n) is 9.29. The molecule has 2 aliphatic rings. The molecule has 3 aromatic rings.